The zero-order valence-electron chi connectivity index (χ0n) is 9.32. The molecule has 1 rings (SSSR count). The van der Waals surface area contributed by atoms with E-state index in [0.717, 1.165) is 11.1 Å². The van der Waals surface area contributed by atoms with Gasteiger partial charge in [-0.05, 0) is 37.1 Å². The lowest BCUT2D eigenvalue weighted by Crippen LogP contribution is -2.10. The predicted molar refractivity (Wildman–Crippen MR) is 58.4 cm³/mol. The van der Waals surface area contributed by atoms with Gasteiger partial charge in [0.2, 0.25) is 0 Å². The maximum absolute atomic E-state index is 11.3. The first kappa shape index (κ1) is 12.2. The van der Waals surface area contributed by atoms with Crippen LogP contribution in [0.25, 0.3) is 0 Å². The van der Waals surface area contributed by atoms with Crippen LogP contribution in [0.5, 0.6) is 5.75 Å². The van der Waals surface area contributed by atoms with Crippen molar-refractivity contribution >= 4 is 11.9 Å². The number of carbonyl (C=O) groups excluding carboxylic acids is 1. The van der Waals surface area contributed by atoms with Crippen molar-refractivity contribution in [1.29, 1.82) is 0 Å². The largest absolute Gasteiger partial charge is 0.481 e. The number of carboxylic acid groups (broad SMARTS) is 1. The monoisotopic (exact) mass is 222 g/mol. The van der Waals surface area contributed by atoms with Crippen LogP contribution in [-0.2, 0) is 9.59 Å². The minimum atomic E-state index is -1.00. The van der Waals surface area contributed by atoms with E-state index in [1.807, 2.05) is 19.9 Å². The molecule has 0 unspecified atom stereocenters. The molecule has 0 aromatic heterocycles. The lowest BCUT2D eigenvalue weighted by molar-refractivity contribution is -0.142. The van der Waals surface area contributed by atoms with Crippen molar-refractivity contribution in [1.82, 2.24) is 0 Å². The van der Waals surface area contributed by atoms with Gasteiger partial charge >= 0.3 is 11.9 Å². The lowest BCUT2D eigenvalue weighted by Gasteiger charge is -2.05. The van der Waals surface area contributed by atoms with Crippen LogP contribution < -0.4 is 4.74 Å². The molecule has 1 aromatic rings. The molecule has 0 saturated heterocycles. The summed E-state index contributed by atoms with van der Waals surface area (Å²) in [5.74, 6) is -1.06. The summed E-state index contributed by atoms with van der Waals surface area (Å²) in [6.45, 7) is 3.81. The van der Waals surface area contributed by atoms with Crippen molar-refractivity contribution < 1.29 is 19.4 Å². The number of carboxylic acids is 1. The number of ether oxygens (including phenoxy) is 1. The molecule has 0 saturated carbocycles. The molecular formula is C12H14O4. The lowest BCUT2D eigenvalue weighted by atomic mass is 10.1. The van der Waals surface area contributed by atoms with Crippen LogP contribution in [-0.4, -0.2) is 17.0 Å². The van der Waals surface area contributed by atoms with E-state index < -0.39 is 11.9 Å². The molecule has 0 fully saturated rings. The number of carbonyl (C=O) groups is 2. The molecule has 0 heterocycles. The third kappa shape index (κ3) is 4.13. The van der Waals surface area contributed by atoms with E-state index in [-0.39, 0.29) is 12.8 Å². The normalized spacial score (nSPS) is 9.88. The first-order chi connectivity index (χ1) is 7.47. The molecule has 1 N–H and O–H groups in total. The van der Waals surface area contributed by atoms with Gasteiger partial charge in [0, 0.05) is 0 Å². The fourth-order valence-corrected chi connectivity index (χ4v) is 1.38. The fourth-order valence-electron chi connectivity index (χ4n) is 1.38. The number of esters is 1. The van der Waals surface area contributed by atoms with E-state index in [1.54, 1.807) is 12.1 Å². The Bertz CT molecular complexity index is 389. The van der Waals surface area contributed by atoms with Gasteiger partial charge in [0.05, 0.1) is 12.8 Å². The van der Waals surface area contributed by atoms with Crippen molar-refractivity contribution in [3.8, 4) is 5.75 Å². The summed E-state index contributed by atoms with van der Waals surface area (Å²) in [5, 5.41) is 8.41. The van der Waals surface area contributed by atoms with Crippen LogP contribution >= 0.6 is 0 Å². The third-order valence-electron chi connectivity index (χ3n) is 1.97. The van der Waals surface area contributed by atoms with Crippen LogP contribution in [0.1, 0.15) is 24.0 Å². The summed E-state index contributed by atoms with van der Waals surface area (Å²) >= 11 is 0. The molecule has 0 aliphatic rings. The number of aliphatic carboxylic acids is 1. The summed E-state index contributed by atoms with van der Waals surface area (Å²) in [6, 6.07) is 5.45. The van der Waals surface area contributed by atoms with E-state index in [0.29, 0.717) is 5.75 Å². The minimum absolute atomic E-state index is 0.109. The highest BCUT2D eigenvalue weighted by atomic mass is 16.5. The number of hydrogen-bond acceptors (Lipinski definition) is 3. The molecule has 0 bridgehead atoms. The van der Waals surface area contributed by atoms with Crippen LogP contribution in [0.3, 0.4) is 0 Å². The topological polar surface area (TPSA) is 63.6 Å². The Labute approximate surface area is 93.9 Å². The summed E-state index contributed by atoms with van der Waals surface area (Å²) in [4.78, 5) is 21.5. The van der Waals surface area contributed by atoms with Gasteiger partial charge < -0.3 is 9.84 Å². The summed E-state index contributed by atoms with van der Waals surface area (Å²) in [7, 11) is 0. The summed E-state index contributed by atoms with van der Waals surface area (Å²) in [6.07, 6.45) is -0.314. The molecule has 4 heteroatoms. The van der Waals surface area contributed by atoms with Crippen molar-refractivity contribution in [2.45, 2.75) is 26.7 Å². The molecule has 4 nitrogen and oxygen atoms in total. The standard InChI is InChI=1S/C12H14O4/c1-8-5-9(2)7-10(6-8)16-12(15)4-3-11(13)14/h5-7H,3-4H2,1-2H3,(H,13,14). The van der Waals surface area contributed by atoms with Gasteiger partial charge in [-0.15, -0.1) is 0 Å². The van der Waals surface area contributed by atoms with Gasteiger partial charge in [0.15, 0.2) is 0 Å². The van der Waals surface area contributed by atoms with Crippen molar-refractivity contribution in [3.05, 3.63) is 29.3 Å². The second-order valence-electron chi connectivity index (χ2n) is 3.69. The van der Waals surface area contributed by atoms with Crippen LogP contribution in [0.15, 0.2) is 18.2 Å². The van der Waals surface area contributed by atoms with E-state index >= 15 is 0 Å². The molecular weight excluding hydrogens is 208 g/mol. The van der Waals surface area contributed by atoms with Gasteiger partial charge in [0.25, 0.3) is 0 Å². The molecule has 0 spiro atoms. The van der Waals surface area contributed by atoms with E-state index in [2.05, 4.69) is 0 Å². The third-order valence-corrected chi connectivity index (χ3v) is 1.97. The first-order valence-corrected chi connectivity index (χ1v) is 4.98. The average molecular weight is 222 g/mol. The maximum atomic E-state index is 11.3. The van der Waals surface area contributed by atoms with E-state index in [1.165, 1.54) is 0 Å². The van der Waals surface area contributed by atoms with Gasteiger partial charge in [-0.2, -0.15) is 0 Å². The highest BCUT2D eigenvalue weighted by Crippen LogP contribution is 2.16. The maximum Gasteiger partial charge on any atom is 0.311 e. The molecule has 0 aliphatic heterocycles. The van der Waals surface area contributed by atoms with Gasteiger partial charge in [-0.3, -0.25) is 9.59 Å². The number of aryl methyl sites for hydroxylation is 2. The first-order valence-electron chi connectivity index (χ1n) is 4.98. The Morgan fingerprint density at radius 2 is 1.69 bits per heavy atom. The second kappa shape index (κ2) is 5.30. The zero-order chi connectivity index (χ0) is 12.1. The molecule has 0 aliphatic carbocycles. The number of hydrogen-bond donors (Lipinski definition) is 1. The Balaban J connectivity index is 2.59. The van der Waals surface area contributed by atoms with Crippen molar-refractivity contribution in [2.24, 2.45) is 0 Å². The van der Waals surface area contributed by atoms with Gasteiger partial charge in [0.1, 0.15) is 5.75 Å². The molecule has 0 atom stereocenters. The molecule has 0 amide bonds. The zero-order valence-corrected chi connectivity index (χ0v) is 9.32. The average Bonchev–Trinajstić information content (AvgIpc) is 2.12. The predicted octanol–water partition coefficient (Wildman–Crippen LogP) is 2.07. The van der Waals surface area contributed by atoms with Gasteiger partial charge in [-0.25, -0.2) is 0 Å². The van der Waals surface area contributed by atoms with E-state index in [4.69, 9.17) is 9.84 Å². The highest BCUT2D eigenvalue weighted by Gasteiger charge is 2.08. The molecule has 1 aromatic carbocycles. The SMILES string of the molecule is Cc1cc(C)cc(OC(=O)CCC(=O)O)c1. The van der Waals surface area contributed by atoms with Crippen LogP contribution in [0.2, 0.25) is 0 Å². The molecule has 0 radical (unpaired) electrons. The Morgan fingerprint density at radius 3 is 2.19 bits per heavy atom. The number of rotatable bonds is 4. The quantitative estimate of drug-likeness (QED) is 0.625. The Kier molecular flexibility index (Phi) is 4.05. The second-order valence-corrected chi connectivity index (χ2v) is 3.69. The van der Waals surface area contributed by atoms with Crippen molar-refractivity contribution in [3.63, 3.8) is 0 Å². The van der Waals surface area contributed by atoms with Crippen LogP contribution in [0.4, 0.5) is 0 Å². The molecule has 86 valence electrons. The Morgan fingerprint density at radius 1 is 1.12 bits per heavy atom. The van der Waals surface area contributed by atoms with Crippen LogP contribution in [0, 0.1) is 13.8 Å². The number of benzene rings is 1. The fraction of sp³-hybridized carbons (Fsp3) is 0.333. The summed E-state index contributed by atoms with van der Waals surface area (Å²) in [5.41, 5.74) is 2.00. The van der Waals surface area contributed by atoms with Crippen molar-refractivity contribution in [2.75, 3.05) is 0 Å². The Hall–Kier alpha value is -1.84. The van der Waals surface area contributed by atoms with E-state index in [9.17, 15) is 9.59 Å². The van der Waals surface area contributed by atoms with Gasteiger partial charge in [-0.1, -0.05) is 6.07 Å². The smallest absolute Gasteiger partial charge is 0.311 e. The minimum Gasteiger partial charge on any atom is -0.481 e. The highest BCUT2D eigenvalue weighted by molar-refractivity contribution is 5.78. The molecule has 16 heavy (non-hydrogen) atoms. The summed E-state index contributed by atoms with van der Waals surface area (Å²) < 4.78 is 5.02.